The number of amides is 1. The Hall–Kier alpha value is -3.27. The Morgan fingerprint density at radius 3 is 2.50 bits per heavy atom. The van der Waals surface area contributed by atoms with Gasteiger partial charge in [-0.25, -0.2) is 0 Å². The molecule has 1 aliphatic rings. The van der Waals surface area contributed by atoms with Crippen molar-refractivity contribution in [3.05, 3.63) is 94.6 Å². The highest BCUT2D eigenvalue weighted by molar-refractivity contribution is 6.01. The van der Waals surface area contributed by atoms with E-state index in [4.69, 9.17) is 4.42 Å². The van der Waals surface area contributed by atoms with Crippen LogP contribution in [-0.2, 0) is 13.6 Å². The van der Waals surface area contributed by atoms with Gasteiger partial charge in [0.25, 0.3) is 5.91 Å². The van der Waals surface area contributed by atoms with Gasteiger partial charge in [-0.2, -0.15) is 0 Å². The maximum absolute atomic E-state index is 13.3. The predicted molar refractivity (Wildman–Crippen MR) is 109 cm³/mol. The van der Waals surface area contributed by atoms with Crippen LogP contribution in [0.3, 0.4) is 0 Å². The van der Waals surface area contributed by atoms with Crippen LogP contribution in [0.2, 0.25) is 0 Å². The minimum atomic E-state index is -0.125. The van der Waals surface area contributed by atoms with Crippen LogP contribution in [0.1, 0.15) is 44.7 Å². The first-order valence-corrected chi connectivity index (χ1v) is 9.55. The fourth-order valence-electron chi connectivity index (χ4n) is 4.48. The van der Waals surface area contributed by atoms with E-state index >= 15 is 0 Å². The topological polar surface area (TPSA) is 38.4 Å². The lowest BCUT2D eigenvalue weighted by molar-refractivity contribution is 0.0722. The second kappa shape index (κ2) is 6.13. The molecular weight excluding hydrogens is 348 g/mol. The van der Waals surface area contributed by atoms with Gasteiger partial charge >= 0.3 is 0 Å². The normalized spacial score (nSPS) is 16.2. The Labute approximate surface area is 164 Å². The molecule has 0 saturated heterocycles. The Balaban J connectivity index is 1.73. The minimum Gasteiger partial charge on any atom is -0.464 e. The number of aromatic nitrogens is 1. The first-order valence-electron chi connectivity index (χ1n) is 9.55. The van der Waals surface area contributed by atoms with E-state index in [2.05, 4.69) is 48.9 Å². The summed E-state index contributed by atoms with van der Waals surface area (Å²) in [6.45, 7) is 4.51. The lowest BCUT2D eigenvalue weighted by Gasteiger charge is -2.25. The molecule has 0 spiro atoms. The summed E-state index contributed by atoms with van der Waals surface area (Å²) in [6.07, 6.45) is 0. The third-order valence-corrected chi connectivity index (χ3v) is 5.90. The van der Waals surface area contributed by atoms with Crippen molar-refractivity contribution in [3.63, 3.8) is 0 Å². The number of para-hydroxylation sites is 1. The highest BCUT2D eigenvalue weighted by Crippen LogP contribution is 2.44. The largest absolute Gasteiger partial charge is 0.464 e. The summed E-state index contributed by atoms with van der Waals surface area (Å²) in [7, 11) is 2.09. The predicted octanol–water partition coefficient (Wildman–Crippen LogP) is 5.13. The number of carbonyl (C=O) groups is 1. The summed E-state index contributed by atoms with van der Waals surface area (Å²) in [5, 5.41) is 1.19. The summed E-state index contributed by atoms with van der Waals surface area (Å²) in [5.74, 6) is 1.72. The Morgan fingerprint density at radius 2 is 1.71 bits per heavy atom. The van der Waals surface area contributed by atoms with Crippen molar-refractivity contribution in [3.8, 4) is 0 Å². The van der Waals surface area contributed by atoms with E-state index in [0.717, 1.165) is 22.6 Å². The second-order valence-corrected chi connectivity index (χ2v) is 7.51. The van der Waals surface area contributed by atoms with E-state index in [1.54, 1.807) is 0 Å². The van der Waals surface area contributed by atoms with E-state index in [0.29, 0.717) is 6.54 Å². The zero-order chi connectivity index (χ0) is 19.4. The number of nitrogens with zero attached hydrogens (tertiary/aromatic N) is 2. The van der Waals surface area contributed by atoms with Crippen LogP contribution in [0.5, 0.6) is 0 Å². The lowest BCUT2D eigenvalue weighted by atomic mass is 9.95. The smallest absolute Gasteiger partial charge is 0.255 e. The molecule has 4 aromatic rings. The van der Waals surface area contributed by atoms with Crippen LogP contribution < -0.4 is 0 Å². The van der Waals surface area contributed by atoms with E-state index in [1.807, 2.05) is 42.2 Å². The zero-order valence-corrected chi connectivity index (χ0v) is 16.3. The van der Waals surface area contributed by atoms with Crippen LogP contribution in [0, 0.1) is 13.8 Å². The van der Waals surface area contributed by atoms with Gasteiger partial charge in [0.15, 0.2) is 0 Å². The molecule has 0 radical (unpaired) electrons. The van der Waals surface area contributed by atoms with E-state index in [1.165, 1.54) is 22.2 Å². The molecule has 1 unspecified atom stereocenters. The fraction of sp³-hybridized carbons (Fsp3) is 0.208. The van der Waals surface area contributed by atoms with Crippen molar-refractivity contribution in [2.75, 3.05) is 0 Å². The van der Waals surface area contributed by atoms with Gasteiger partial charge in [0.05, 0.1) is 12.6 Å². The number of benzene rings is 2. The van der Waals surface area contributed by atoms with Crippen LogP contribution in [0.15, 0.2) is 65.1 Å². The van der Waals surface area contributed by atoms with Gasteiger partial charge < -0.3 is 13.9 Å². The van der Waals surface area contributed by atoms with Crippen LogP contribution >= 0.6 is 0 Å². The molecule has 2 aromatic heterocycles. The Morgan fingerprint density at radius 1 is 0.964 bits per heavy atom. The number of fused-ring (bicyclic) bond motifs is 2. The third-order valence-electron chi connectivity index (χ3n) is 5.90. The molecule has 0 bridgehead atoms. The van der Waals surface area contributed by atoms with Crippen LogP contribution in [0.4, 0.5) is 0 Å². The Bertz CT molecular complexity index is 1210. The van der Waals surface area contributed by atoms with Crippen molar-refractivity contribution in [1.82, 2.24) is 9.47 Å². The Kier molecular flexibility index (Phi) is 3.69. The van der Waals surface area contributed by atoms with Gasteiger partial charge in [-0.1, -0.05) is 36.4 Å². The number of hydrogen-bond donors (Lipinski definition) is 0. The molecule has 0 saturated carbocycles. The van der Waals surface area contributed by atoms with Gasteiger partial charge in [0.2, 0.25) is 0 Å². The maximum Gasteiger partial charge on any atom is 0.255 e. The number of hydrogen-bond acceptors (Lipinski definition) is 2. The monoisotopic (exact) mass is 370 g/mol. The molecule has 0 N–H and O–H groups in total. The molecular formula is C24H22N2O2. The van der Waals surface area contributed by atoms with Crippen molar-refractivity contribution in [1.29, 1.82) is 0 Å². The average Bonchev–Trinajstić information content (AvgIpc) is 3.32. The summed E-state index contributed by atoms with van der Waals surface area (Å²) in [5.41, 5.74) is 5.40. The fourth-order valence-corrected chi connectivity index (χ4v) is 4.48. The molecule has 2 aromatic carbocycles. The highest BCUT2D eigenvalue weighted by atomic mass is 16.3. The van der Waals surface area contributed by atoms with Crippen LogP contribution in [-0.4, -0.2) is 15.4 Å². The summed E-state index contributed by atoms with van der Waals surface area (Å²) in [6, 6.07) is 20.1. The molecule has 28 heavy (non-hydrogen) atoms. The van der Waals surface area contributed by atoms with E-state index in [9.17, 15) is 4.79 Å². The number of carbonyl (C=O) groups excluding carboxylic acids is 1. The summed E-state index contributed by atoms with van der Waals surface area (Å²) in [4.78, 5) is 15.3. The van der Waals surface area contributed by atoms with Crippen LogP contribution in [0.25, 0.3) is 10.9 Å². The van der Waals surface area contributed by atoms with Crippen molar-refractivity contribution < 1.29 is 9.21 Å². The molecule has 5 rings (SSSR count). The van der Waals surface area contributed by atoms with Crippen molar-refractivity contribution >= 4 is 16.8 Å². The maximum atomic E-state index is 13.3. The van der Waals surface area contributed by atoms with Gasteiger partial charge in [-0.05, 0) is 43.7 Å². The van der Waals surface area contributed by atoms with E-state index in [-0.39, 0.29) is 11.9 Å². The molecule has 4 heteroatoms. The standard InChI is InChI=1S/C24H22N2O2/c1-15-12-13-17(28-15)14-26-23(18-8-4-5-9-19(18)24(26)27)22-16(2)25(3)21-11-7-6-10-20(21)22/h4-13,23H,14H2,1-3H3. The van der Waals surface area contributed by atoms with Crippen molar-refractivity contribution in [2.24, 2.45) is 7.05 Å². The molecule has 4 nitrogen and oxygen atoms in total. The zero-order valence-electron chi connectivity index (χ0n) is 16.3. The minimum absolute atomic E-state index is 0.0574. The number of furan rings is 1. The SMILES string of the molecule is Cc1ccc(CN2C(=O)c3ccccc3C2c2c(C)n(C)c3ccccc23)o1. The van der Waals surface area contributed by atoms with Gasteiger partial charge in [0, 0.05) is 34.8 Å². The quantitative estimate of drug-likeness (QED) is 0.501. The molecule has 1 atom stereocenters. The second-order valence-electron chi connectivity index (χ2n) is 7.51. The third kappa shape index (κ3) is 2.34. The molecule has 140 valence electrons. The molecule has 1 amide bonds. The number of rotatable bonds is 3. The molecule has 0 aliphatic carbocycles. The number of aryl methyl sites for hydroxylation is 2. The summed E-state index contributed by atoms with van der Waals surface area (Å²) >= 11 is 0. The summed E-state index contributed by atoms with van der Waals surface area (Å²) < 4.78 is 8.01. The first-order chi connectivity index (χ1) is 13.6. The van der Waals surface area contributed by atoms with Gasteiger partial charge in [0.1, 0.15) is 11.5 Å². The molecule has 0 fully saturated rings. The van der Waals surface area contributed by atoms with Gasteiger partial charge in [-0.3, -0.25) is 4.79 Å². The van der Waals surface area contributed by atoms with E-state index < -0.39 is 0 Å². The molecule has 1 aliphatic heterocycles. The molecule has 3 heterocycles. The first kappa shape index (κ1) is 16.9. The lowest BCUT2D eigenvalue weighted by Crippen LogP contribution is -2.28. The van der Waals surface area contributed by atoms with Gasteiger partial charge in [-0.15, -0.1) is 0 Å². The average molecular weight is 370 g/mol. The van der Waals surface area contributed by atoms with Crippen molar-refractivity contribution in [2.45, 2.75) is 26.4 Å². The highest BCUT2D eigenvalue weighted by Gasteiger charge is 2.40.